The van der Waals surface area contributed by atoms with Crippen LogP contribution in [0.3, 0.4) is 0 Å². The molecular formula is C21H31IN4O2S. The lowest BCUT2D eigenvalue weighted by atomic mass is 10.1. The molecular weight excluding hydrogens is 499 g/mol. The molecule has 0 aliphatic heterocycles. The van der Waals surface area contributed by atoms with E-state index in [4.69, 9.17) is 14.5 Å². The first-order valence-electron chi connectivity index (χ1n) is 9.32. The highest BCUT2D eigenvalue weighted by atomic mass is 127. The number of hydrogen-bond donors (Lipinski definition) is 2. The predicted octanol–water partition coefficient (Wildman–Crippen LogP) is 4.38. The van der Waals surface area contributed by atoms with Crippen molar-refractivity contribution in [2.45, 2.75) is 40.3 Å². The summed E-state index contributed by atoms with van der Waals surface area (Å²) in [5.41, 5.74) is 3.17. The van der Waals surface area contributed by atoms with Gasteiger partial charge in [0.2, 0.25) is 0 Å². The van der Waals surface area contributed by atoms with Gasteiger partial charge in [0, 0.05) is 17.0 Å². The molecule has 0 saturated heterocycles. The molecule has 8 heteroatoms. The zero-order valence-electron chi connectivity index (χ0n) is 17.8. The molecule has 0 fully saturated rings. The zero-order valence-corrected chi connectivity index (χ0v) is 20.9. The van der Waals surface area contributed by atoms with Crippen LogP contribution in [0.4, 0.5) is 0 Å². The minimum Gasteiger partial charge on any atom is -0.493 e. The lowest BCUT2D eigenvalue weighted by Crippen LogP contribution is -2.36. The fourth-order valence-corrected chi connectivity index (χ4v) is 3.66. The van der Waals surface area contributed by atoms with Crippen LogP contribution in [0.2, 0.25) is 0 Å². The normalized spacial score (nSPS) is 10.9. The van der Waals surface area contributed by atoms with Gasteiger partial charge in [0.15, 0.2) is 17.5 Å². The molecule has 2 rings (SSSR count). The van der Waals surface area contributed by atoms with Gasteiger partial charge in [0.05, 0.1) is 33.0 Å². The molecule has 0 aliphatic carbocycles. The molecule has 0 bridgehead atoms. The second-order valence-electron chi connectivity index (χ2n) is 6.28. The van der Waals surface area contributed by atoms with Gasteiger partial charge in [-0.05, 0) is 44.9 Å². The van der Waals surface area contributed by atoms with Gasteiger partial charge in [-0.25, -0.2) is 9.98 Å². The number of aliphatic imine (C=N–C) groups is 1. The van der Waals surface area contributed by atoms with Crippen LogP contribution in [0.25, 0.3) is 0 Å². The van der Waals surface area contributed by atoms with Crippen LogP contribution < -0.4 is 20.1 Å². The number of benzene rings is 1. The van der Waals surface area contributed by atoms with Crippen molar-refractivity contribution in [2.24, 2.45) is 4.99 Å². The lowest BCUT2D eigenvalue weighted by molar-refractivity contribution is 0.352. The van der Waals surface area contributed by atoms with Crippen molar-refractivity contribution in [1.29, 1.82) is 0 Å². The molecule has 29 heavy (non-hydrogen) atoms. The Bertz CT molecular complexity index is 817. The third-order valence-corrected chi connectivity index (χ3v) is 5.30. The van der Waals surface area contributed by atoms with E-state index in [0.29, 0.717) is 25.3 Å². The van der Waals surface area contributed by atoms with E-state index in [1.807, 2.05) is 26.0 Å². The monoisotopic (exact) mass is 530 g/mol. The zero-order chi connectivity index (χ0) is 20.5. The number of thiazole rings is 1. The fraction of sp³-hybridized carbons (Fsp3) is 0.429. The number of halogens is 1. The Balaban J connectivity index is 0.00000420. The summed E-state index contributed by atoms with van der Waals surface area (Å²) in [6.07, 6.45) is 2.56. The third kappa shape index (κ3) is 7.18. The SMILES string of the molecule is C=CCc1cc(CN=C(NCC)NCc2nc(C)c(C)s2)cc(OC)c1OC.I. The molecule has 1 aromatic carbocycles. The van der Waals surface area contributed by atoms with E-state index in [9.17, 15) is 0 Å². The van der Waals surface area contributed by atoms with Crippen molar-refractivity contribution in [3.05, 3.63) is 51.5 Å². The number of rotatable bonds is 9. The minimum absolute atomic E-state index is 0. The Kier molecular flexibility index (Phi) is 11.0. The summed E-state index contributed by atoms with van der Waals surface area (Å²) in [5.74, 6) is 2.21. The van der Waals surface area contributed by atoms with Crippen molar-refractivity contribution in [2.75, 3.05) is 20.8 Å². The van der Waals surface area contributed by atoms with E-state index in [2.05, 4.69) is 35.2 Å². The molecule has 0 spiro atoms. The summed E-state index contributed by atoms with van der Waals surface area (Å²) in [7, 11) is 3.30. The average Bonchev–Trinajstić information content (AvgIpc) is 3.01. The van der Waals surface area contributed by atoms with E-state index in [1.165, 1.54) is 4.88 Å². The Morgan fingerprint density at radius 2 is 2.00 bits per heavy atom. The number of nitrogens with zero attached hydrogens (tertiary/aromatic N) is 2. The lowest BCUT2D eigenvalue weighted by Gasteiger charge is -2.14. The molecule has 0 aliphatic rings. The Hall–Kier alpha value is -1.81. The quantitative estimate of drug-likeness (QED) is 0.218. The molecule has 0 atom stereocenters. The second-order valence-corrected chi connectivity index (χ2v) is 7.57. The average molecular weight is 530 g/mol. The number of nitrogens with one attached hydrogen (secondary N) is 2. The number of methoxy groups -OCH3 is 2. The van der Waals surface area contributed by atoms with Gasteiger partial charge < -0.3 is 20.1 Å². The first-order chi connectivity index (χ1) is 13.5. The molecule has 0 unspecified atom stereocenters. The van der Waals surface area contributed by atoms with Crippen LogP contribution in [0.15, 0.2) is 29.8 Å². The maximum absolute atomic E-state index is 5.50. The molecule has 1 heterocycles. The van der Waals surface area contributed by atoms with Gasteiger partial charge >= 0.3 is 0 Å². The van der Waals surface area contributed by atoms with Crippen molar-refractivity contribution in [3.8, 4) is 11.5 Å². The standard InChI is InChI=1S/C21H30N4O2S.HI/c1-7-9-17-10-16(11-18(26-5)20(17)27-6)12-23-21(22-8-2)24-13-19-25-14(3)15(4)28-19;/h7,10-11H,1,8-9,12-13H2,2-6H3,(H2,22,23,24);1H. The van der Waals surface area contributed by atoms with Crippen molar-refractivity contribution >= 4 is 41.3 Å². The summed E-state index contributed by atoms with van der Waals surface area (Å²) >= 11 is 1.71. The van der Waals surface area contributed by atoms with Crippen LogP contribution in [-0.2, 0) is 19.5 Å². The second kappa shape index (κ2) is 12.7. The van der Waals surface area contributed by atoms with Crippen LogP contribution in [0.1, 0.15) is 33.6 Å². The first kappa shape index (κ1) is 25.2. The largest absolute Gasteiger partial charge is 0.493 e. The number of ether oxygens (including phenoxy) is 2. The van der Waals surface area contributed by atoms with Crippen LogP contribution >= 0.6 is 35.3 Å². The summed E-state index contributed by atoms with van der Waals surface area (Å²) in [6, 6.07) is 4.05. The highest BCUT2D eigenvalue weighted by molar-refractivity contribution is 14.0. The smallest absolute Gasteiger partial charge is 0.191 e. The topological polar surface area (TPSA) is 67.8 Å². The van der Waals surface area contributed by atoms with Crippen molar-refractivity contribution < 1.29 is 9.47 Å². The molecule has 6 nitrogen and oxygen atoms in total. The maximum atomic E-state index is 5.50. The van der Waals surface area contributed by atoms with Crippen molar-refractivity contribution in [1.82, 2.24) is 15.6 Å². The van der Waals surface area contributed by atoms with Crippen LogP contribution in [0.5, 0.6) is 11.5 Å². The highest BCUT2D eigenvalue weighted by Gasteiger charge is 2.12. The molecule has 2 aromatic rings. The molecule has 1 aromatic heterocycles. The molecule has 160 valence electrons. The van der Waals surface area contributed by atoms with Gasteiger partial charge in [-0.3, -0.25) is 0 Å². The van der Waals surface area contributed by atoms with Crippen LogP contribution in [-0.4, -0.2) is 31.7 Å². The van der Waals surface area contributed by atoms with Crippen molar-refractivity contribution in [3.63, 3.8) is 0 Å². The number of hydrogen-bond acceptors (Lipinski definition) is 5. The van der Waals surface area contributed by atoms with Crippen LogP contribution in [0, 0.1) is 13.8 Å². The molecule has 0 saturated carbocycles. The number of aromatic nitrogens is 1. The summed E-state index contributed by atoms with van der Waals surface area (Å²) in [5, 5.41) is 7.69. The molecule has 0 radical (unpaired) electrons. The Labute approximate surface area is 194 Å². The van der Waals surface area contributed by atoms with E-state index >= 15 is 0 Å². The predicted molar refractivity (Wildman–Crippen MR) is 132 cm³/mol. The van der Waals surface area contributed by atoms with Gasteiger partial charge in [0.1, 0.15) is 5.01 Å². The van der Waals surface area contributed by atoms with Gasteiger partial charge in [0.25, 0.3) is 0 Å². The molecule has 0 amide bonds. The first-order valence-corrected chi connectivity index (χ1v) is 10.1. The third-order valence-electron chi connectivity index (χ3n) is 4.22. The van der Waals surface area contributed by atoms with Gasteiger partial charge in [-0.15, -0.1) is 41.9 Å². The Morgan fingerprint density at radius 1 is 1.24 bits per heavy atom. The van der Waals surface area contributed by atoms with E-state index < -0.39 is 0 Å². The number of guanidine groups is 1. The highest BCUT2D eigenvalue weighted by Crippen LogP contribution is 2.33. The fourth-order valence-electron chi connectivity index (χ4n) is 2.79. The Morgan fingerprint density at radius 3 is 2.55 bits per heavy atom. The minimum atomic E-state index is 0. The van der Waals surface area contributed by atoms with E-state index in [0.717, 1.165) is 40.1 Å². The van der Waals surface area contributed by atoms with Gasteiger partial charge in [-0.1, -0.05) is 6.08 Å². The summed E-state index contributed by atoms with van der Waals surface area (Å²) < 4.78 is 11.0. The van der Waals surface area contributed by atoms with E-state index in [-0.39, 0.29) is 24.0 Å². The maximum Gasteiger partial charge on any atom is 0.191 e. The molecule has 2 N–H and O–H groups in total. The van der Waals surface area contributed by atoms with Gasteiger partial charge in [-0.2, -0.15) is 0 Å². The van der Waals surface area contributed by atoms with E-state index in [1.54, 1.807) is 25.6 Å². The summed E-state index contributed by atoms with van der Waals surface area (Å²) in [4.78, 5) is 10.5. The number of allylic oxidation sites excluding steroid dienone is 1. The summed E-state index contributed by atoms with van der Waals surface area (Å²) in [6.45, 7) is 12.0. The number of aryl methyl sites for hydroxylation is 2.